The molecular formula is C25H22F3N5O. The summed E-state index contributed by atoms with van der Waals surface area (Å²) in [5, 5.41) is 3.73. The summed E-state index contributed by atoms with van der Waals surface area (Å²) in [6, 6.07) is 8.56. The minimum atomic E-state index is -2.91. The van der Waals surface area contributed by atoms with Crippen LogP contribution in [-0.4, -0.2) is 19.5 Å². The van der Waals surface area contributed by atoms with E-state index in [1.807, 2.05) is 12.1 Å². The van der Waals surface area contributed by atoms with Crippen molar-refractivity contribution >= 4 is 16.7 Å². The van der Waals surface area contributed by atoms with Gasteiger partial charge in [0.2, 0.25) is 0 Å². The molecule has 34 heavy (non-hydrogen) atoms. The van der Waals surface area contributed by atoms with E-state index < -0.39 is 29.4 Å². The molecule has 1 N–H and O–H groups in total. The molecule has 5 rings (SSSR count). The first kappa shape index (κ1) is 22.1. The van der Waals surface area contributed by atoms with Crippen molar-refractivity contribution in [2.45, 2.75) is 44.7 Å². The number of halogens is 3. The fourth-order valence-corrected chi connectivity index (χ4v) is 4.47. The molecule has 1 atom stereocenters. The summed E-state index contributed by atoms with van der Waals surface area (Å²) < 4.78 is 42.8. The molecule has 4 aromatic rings. The van der Waals surface area contributed by atoms with Gasteiger partial charge in [-0.25, -0.2) is 23.1 Å². The predicted octanol–water partition coefficient (Wildman–Crippen LogP) is 5.28. The molecule has 1 fully saturated rings. The molecule has 3 aromatic heterocycles. The van der Waals surface area contributed by atoms with E-state index in [0.29, 0.717) is 22.5 Å². The number of benzene rings is 1. The maximum atomic E-state index is 14.7. The van der Waals surface area contributed by atoms with Crippen LogP contribution in [-0.2, 0) is 5.54 Å². The van der Waals surface area contributed by atoms with Gasteiger partial charge in [0.05, 0.1) is 28.0 Å². The Balaban J connectivity index is 1.59. The highest BCUT2D eigenvalue weighted by atomic mass is 19.3. The molecule has 3 heterocycles. The van der Waals surface area contributed by atoms with Gasteiger partial charge < -0.3 is 9.88 Å². The van der Waals surface area contributed by atoms with Gasteiger partial charge in [-0.3, -0.25) is 9.78 Å². The molecule has 1 aliphatic rings. The highest BCUT2D eigenvalue weighted by Crippen LogP contribution is 2.48. The second-order valence-corrected chi connectivity index (χ2v) is 8.58. The summed E-state index contributed by atoms with van der Waals surface area (Å²) >= 11 is 0. The Labute approximate surface area is 193 Å². The van der Waals surface area contributed by atoms with Crippen molar-refractivity contribution in [2.24, 2.45) is 0 Å². The van der Waals surface area contributed by atoms with Crippen molar-refractivity contribution < 1.29 is 13.2 Å². The Kier molecular flexibility index (Phi) is 5.34. The van der Waals surface area contributed by atoms with Gasteiger partial charge in [0.1, 0.15) is 17.5 Å². The Morgan fingerprint density at radius 2 is 1.79 bits per heavy atom. The van der Waals surface area contributed by atoms with E-state index in [0.717, 1.165) is 24.5 Å². The molecule has 1 aliphatic carbocycles. The van der Waals surface area contributed by atoms with Crippen LogP contribution in [0, 0.1) is 12.7 Å². The molecule has 0 unspecified atom stereocenters. The number of aryl methyl sites for hydroxylation is 1. The number of anilines is 1. The molecule has 9 heteroatoms. The average Bonchev–Trinajstić information content (AvgIpc) is 3.61. The second-order valence-electron chi connectivity index (χ2n) is 8.58. The van der Waals surface area contributed by atoms with Gasteiger partial charge in [0, 0.05) is 30.2 Å². The van der Waals surface area contributed by atoms with Gasteiger partial charge in [-0.15, -0.1) is 0 Å². The van der Waals surface area contributed by atoms with E-state index in [4.69, 9.17) is 0 Å². The number of rotatable bonds is 6. The van der Waals surface area contributed by atoms with E-state index in [9.17, 15) is 18.0 Å². The molecule has 1 saturated carbocycles. The average molecular weight is 465 g/mol. The van der Waals surface area contributed by atoms with E-state index in [-0.39, 0.29) is 11.1 Å². The quantitative estimate of drug-likeness (QED) is 0.419. The third-order valence-electron chi connectivity index (χ3n) is 6.36. The molecular weight excluding hydrogens is 443 g/mol. The van der Waals surface area contributed by atoms with Crippen LogP contribution in [0.25, 0.3) is 10.9 Å². The van der Waals surface area contributed by atoms with Gasteiger partial charge >= 0.3 is 0 Å². The van der Waals surface area contributed by atoms with Crippen LogP contribution in [0.15, 0.2) is 59.8 Å². The fourth-order valence-electron chi connectivity index (χ4n) is 4.47. The molecule has 0 bridgehead atoms. The van der Waals surface area contributed by atoms with Gasteiger partial charge in [-0.2, -0.15) is 0 Å². The van der Waals surface area contributed by atoms with E-state index >= 15 is 0 Å². The molecule has 174 valence electrons. The molecule has 6 nitrogen and oxygen atoms in total. The Morgan fingerprint density at radius 3 is 2.47 bits per heavy atom. The number of hydrogen-bond donors (Lipinski definition) is 1. The number of fused-ring (bicyclic) bond motifs is 1. The lowest BCUT2D eigenvalue weighted by atomic mass is 10.0. The summed E-state index contributed by atoms with van der Waals surface area (Å²) in [4.78, 5) is 26.0. The summed E-state index contributed by atoms with van der Waals surface area (Å²) in [5.41, 5.74) is 0.263. The standard InChI is InChI=1S/C25H22F3N5O/c1-14(17-4-3-5-18(22(17)26)23(27)28)30-24-19-13-33(21(34)12-20(19)31-15(2)32-24)25(8-9-25)16-6-10-29-11-7-16/h3-7,10-14,23H,8-9H2,1-2H3,(H,30,31,32)/t14-/m1/s1. The molecule has 0 amide bonds. The highest BCUT2D eigenvalue weighted by Gasteiger charge is 2.47. The number of aromatic nitrogens is 4. The number of nitrogens with one attached hydrogen (secondary N) is 1. The van der Waals surface area contributed by atoms with Crippen LogP contribution >= 0.6 is 0 Å². The lowest BCUT2D eigenvalue weighted by molar-refractivity contribution is 0.146. The SMILES string of the molecule is Cc1nc(N[C@H](C)c2cccc(C(F)F)c2F)c2cn(C3(c4ccncc4)CC3)c(=O)cc2n1. The van der Waals surface area contributed by atoms with Crippen molar-refractivity contribution in [1.29, 1.82) is 0 Å². The monoisotopic (exact) mass is 465 g/mol. The Morgan fingerprint density at radius 1 is 1.09 bits per heavy atom. The number of hydrogen-bond acceptors (Lipinski definition) is 5. The molecule has 0 radical (unpaired) electrons. The zero-order valence-electron chi connectivity index (χ0n) is 18.6. The number of pyridine rings is 2. The van der Waals surface area contributed by atoms with Gasteiger partial charge in [0.15, 0.2) is 0 Å². The molecule has 0 spiro atoms. The van der Waals surface area contributed by atoms with Crippen LogP contribution < -0.4 is 10.9 Å². The first-order valence-corrected chi connectivity index (χ1v) is 11.0. The van der Waals surface area contributed by atoms with Crippen molar-refractivity contribution in [3.63, 3.8) is 0 Å². The van der Waals surface area contributed by atoms with Gasteiger partial charge in [-0.1, -0.05) is 18.2 Å². The topological polar surface area (TPSA) is 72.7 Å². The zero-order chi connectivity index (χ0) is 24.0. The second kappa shape index (κ2) is 8.23. The van der Waals surface area contributed by atoms with Crippen LogP contribution in [0.2, 0.25) is 0 Å². The summed E-state index contributed by atoms with van der Waals surface area (Å²) in [5.74, 6) is -0.119. The maximum absolute atomic E-state index is 14.7. The summed E-state index contributed by atoms with van der Waals surface area (Å²) in [6.45, 7) is 3.37. The Bertz CT molecular complexity index is 1430. The van der Waals surface area contributed by atoms with Crippen LogP contribution in [0.1, 0.15) is 54.7 Å². The van der Waals surface area contributed by atoms with Gasteiger partial charge in [0.25, 0.3) is 12.0 Å². The lowest BCUT2D eigenvalue weighted by Crippen LogP contribution is -2.30. The highest BCUT2D eigenvalue weighted by molar-refractivity contribution is 5.88. The summed E-state index contributed by atoms with van der Waals surface area (Å²) in [7, 11) is 0. The molecule has 0 saturated heterocycles. The predicted molar refractivity (Wildman–Crippen MR) is 122 cm³/mol. The molecule has 0 aliphatic heterocycles. The lowest BCUT2D eigenvalue weighted by Gasteiger charge is -2.22. The fraction of sp³-hybridized carbons (Fsp3) is 0.280. The van der Waals surface area contributed by atoms with Crippen molar-refractivity contribution in [3.05, 3.63) is 93.7 Å². The van der Waals surface area contributed by atoms with Crippen LogP contribution in [0.4, 0.5) is 19.0 Å². The van der Waals surface area contributed by atoms with Crippen molar-refractivity contribution in [3.8, 4) is 0 Å². The third kappa shape index (κ3) is 3.70. The first-order chi connectivity index (χ1) is 16.3. The zero-order valence-corrected chi connectivity index (χ0v) is 18.6. The smallest absolute Gasteiger partial charge is 0.266 e. The first-order valence-electron chi connectivity index (χ1n) is 11.0. The van der Waals surface area contributed by atoms with E-state index in [2.05, 4.69) is 20.3 Å². The normalized spacial score (nSPS) is 15.5. The van der Waals surface area contributed by atoms with Crippen LogP contribution in [0.5, 0.6) is 0 Å². The van der Waals surface area contributed by atoms with Crippen molar-refractivity contribution in [1.82, 2.24) is 19.5 Å². The Hall–Kier alpha value is -3.75. The van der Waals surface area contributed by atoms with E-state index in [1.54, 1.807) is 37.0 Å². The summed E-state index contributed by atoms with van der Waals surface area (Å²) in [6.07, 6.45) is 3.83. The van der Waals surface area contributed by atoms with Crippen LogP contribution in [0.3, 0.4) is 0 Å². The molecule has 1 aromatic carbocycles. The third-order valence-corrected chi connectivity index (χ3v) is 6.36. The van der Waals surface area contributed by atoms with Gasteiger partial charge in [-0.05, 0) is 44.4 Å². The minimum absolute atomic E-state index is 0.103. The van der Waals surface area contributed by atoms with E-state index in [1.165, 1.54) is 18.2 Å². The number of alkyl halides is 2. The maximum Gasteiger partial charge on any atom is 0.266 e. The van der Waals surface area contributed by atoms with Crippen molar-refractivity contribution in [2.75, 3.05) is 5.32 Å². The number of nitrogens with zero attached hydrogens (tertiary/aromatic N) is 4. The minimum Gasteiger partial charge on any atom is -0.363 e. The largest absolute Gasteiger partial charge is 0.363 e.